The van der Waals surface area contributed by atoms with E-state index in [0.717, 1.165) is 11.3 Å². The first-order chi connectivity index (χ1) is 16.0. The van der Waals surface area contributed by atoms with Gasteiger partial charge in [0, 0.05) is 0 Å². The number of hydrogen-bond donors (Lipinski definition) is 1. The van der Waals surface area contributed by atoms with E-state index in [1.807, 2.05) is 49.4 Å². The Kier molecular flexibility index (Phi) is 7.01. The summed E-state index contributed by atoms with van der Waals surface area (Å²) in [5.74, 6) is 1.92. The molecule has 0 aliphatic heterocycles. The molecule has 3 aromatic carbocycles. The van der Waals surface area contributed by atoms with Crippen molar-refractivity contribution in [2.24, 2.45) is 0 Å². The second-order valence-electron chi connectivity index (χ2n) is 7.18. The molecule has 0 saturated carbocycles. The van der Waals surface area contributed by atoms with Crippen LogP contribution in [0.2, 0.25) is 0 Å². The maximum atomic E-state index is 13.1. The molecule has 170 valence electrons. The molecule has 4 aromatic rings. The maximum absolute atomic E-state index is 13.1. The zero-order chi connectivity index (χ0) is 23.1. The lowest BCUT2D eigenvalue weighted by Crippen LogP contribution is -2.31. The molecule has 0 amide bonds. The Bertz CT molecular complexity index is 1240. The molecular formula is C24H24N4O4S. The molecule has 0 fully saturated rings. The van der Waals surface area contributed by atoms with Gasteiger partial charge in [-0.15, -0.1) is 0 Å². The van der Waals surface area contributed by atoms with Crippen LogP contribution >= 0.6 is 0 Å². The molecule has 0 spiro atoms. The number of aromatic nitrogens is 3. The summed E-state index contributed by atoms with van der Waals surface area (Å²) in [7, 11) is -3.80. The van der Waals surface area contributed by atoms with Crippen LogP contribution in [0.15, 0.2) is 96.4 Å². The fraction of sp³-hybridized carbons (Fsp3) is 0.167. The van der Waals surface area contributed by atoms with E-state index in [1.54, 1.807) is 35.3 Å². The van der Waals surface area contributed by atoms with Gasteiger partial charge in [0.1, 0.15) is 29.9 Å². The summed E-state index contributed by atoms with van der Waals surface area (Å²) in [6.45, 7) is 2.82. The molecule has 1 atom stereocenters. The van der Waals surface area contributed by atoms with Crippen molar-refractivity contribution in [1.82, 2.24) is 19.5 Å². The van der Waals surface area contributed by atoms with Crippen LogP contribution in [0.25, 0.3) is 0 Å². The van der Waals surface area contributed by atoms with Gasteiger partial charge in [-0.1, -0.05) is 30.3 Å². The Morgan fingerprint density at radius 1 is 0.909 bits per heavy atom. The van der Waals surface area contributed by atoms with Crippen molar-refractivity contribution in [2.45, 2.75) is 24.4 Å². The Morgan fingerprint density at radius 2 is 1.55 bits per heavy atom. The van der Waals surface area contributed by atoms with Crippen molar-refractivity contribution >= 4 is 10.0 Å². The molecule has 4 rings (SSSR count). The molecule has 0 saturated heterocycles. The number of nitrogens with zero attached hydrogens (tertiary/aromatic N) is 3. The lowest BCUT2D eigenvalue weighted by atomic mass is 10.1. The molecule has 9 heteroatoms. The third-order valence-corrected chi connectivity index (χ3v) is 6.33. The number of nitrogens with one attached hydrogen (secondary N) is 1. The molecule has 0 aliphatic rings. The SMILES string of the molecule is CCOc1ccc(Oc2ccc(S(=O)(=O)NC(Cn3cncn3)c3ccccc3)cc2)cc1. The lowest BCUT2D eigenvalue weighted by Gasteiger charge is -2.19. The Labute approximate surface area is 192 Å². The molecule has 1 aromatic heterocycles. The van der Waals surface area contributed by atoms with Gasteiger partial charge < -0.3 is 9.47 Å². The van der Waals surface area contributed by atoms with Crippen molar-refractivity contribution in [3.63, 3.8) is 0 Å². The number of ether oxygens (including phenoxy) is 2. The normalized spacial score (nSPS) is 12.3. The zero-order valence-electron chi connectivity index (χ0n) is 18.0. The first-order valence-electron chi connectivity index (χ1n) is 10.4. The Morgan fingerprint density at radius 3 is 2.15 bits per heavy atom. The summed E-state index contributed by atoms with van der Waals surface area (Å²) < 4.78 is 41.8. The molecule has 1 unspecified atom stereocenters. The van der Waals surface area contributed by atoms with E-state index < -0.39 is 16.1 Å². The van der Waals surface area contributed by atoms with E-state index in [9.17, 15) is 8.42 Å². The fourth-order valence-corrected chi connectivity index (χ4v) is 4.47. The van der Waals surface area contributed by atoms with Crippen LogP contribution in [0.3, 0.4) is 0 Å². The van der Waals surface area contributed by atoms with Gasteiger partial charge in [0.2, 0.25) is 10.0 Å². The minimum atomic E-state index is -3.80. The highest BCUT2D eigenvalue weighted by atomic mass is 32.2. The van der Waals surface area contributed by atoms with E-state index >= 15 is 0 Å². The molecule has 0 bridgehead atoms. The van der Waals surface area contributed by atoms with Gasteiger partial charge in [-0.3, -0.25) is 4.68 Å². The van der Waals surface area contributed by atoms with Crippen LogP contribution in [0.1, 0.15) is 18.5 Å². The average Bonchev–Trinajstić information content (AvgIpc) is 3.34. The second kappa shape index (κ2) is 10.3. The van der Waals surface area contributed by atoms with Crippen LogP contribution in [0.4, 0.5) is 0 Å². The van der Waals surface area contributed by atoms with Crippen LogP contribution in [0, 0.1) is 0 Å². The number of hydrogen-bond acceptors (Lipinski definition) is 6. The Hall–Kier alpha value is -3.69. The highest BCUT2D eigenvalue weighted by molar-refractivity contribution is 7.89. The van der Waals surface area contributed by atoms with Crippen molar-refractivity contribution < 1.29 is 17.9 Å². The number of rotatable bonds is 10. The van der Waals surface area contributed by atoms with Crippen molar-refractivity contribution in [3.8, 4) is 17.2 Å². The molecule has 0 aliphatic carbocycles. The van der Waals surface area contributed by atoms with Crippen molar-refractivity contribution in [3.05, 3.63) is 97.1 Å². The molecule has 0 radical (unpaired) electrons. The van der Waals surface area contributed by atoms with Crippen molar-refractivity contribution in [1.29, 1.82) is 0 Å². The van der Waals surface area contributed by atoms with Gasteiger partial charge in [0.15, 0.2) is 0 Å². The fourth-order valence-electron chi connectivity index (χ4n) is 3.26. The first-order valence-corrected chi connectivity index (χ1v) is 11.9. The van der Waals surface area contributed by atoms with Crippen molar-refractivity contribution in [2.75, 3.05) is 6.61 Å². The third-order valence-electron chi connectivity index (χ3n) is 4.84. The zero-order valence-corrected chi connectivity index (χ0v) is 18.9. The predicted octanol–water partition coefficient (Wildman–Crippen LogP) is 4.19. The standard InChI is InChI=1S/C24H24N4O4S/c1-2-31-20-8-10-21(11-9-20)32-22-12-14-23(15-13-22)33(29,30)27-24(16-28-18-25-17-26-28)19-6-4-3-5-7-19/h3-15,17-18,24,27H,2,16H2,1H3. The average molecular weight is 465 g/mol. The molecular weight excluding hydrogens is 440 g/mol. The maximum Gasteiger partial charge on any atom is 0.241 e. The van der Waals surface area contributed by atoms with Gasteiger partial charge in [0.25, 0.3) is 0 Å². The third kappa shape index (κ3) is 5.97. The van der Waals surface area contributed by atoms with E-state index in [-0.39, 0.29) is 4.90 Å². The molecule has 1 heterocycles. The molecule has 1 N–H and O–H groups in total. The van der Waals surface area contributed by atoms with E-state index in [0.29, 0.717) is 24.7 Å². The summed E-state index contributed by atoms with van der Waals surface area (Å²) in [5, 5.41) is 4.10. The summed E-state index contributed by atoms with van der Waals surface area (Å²) in [5.41, 5.74) is 0.826. The molecule has 8 nitrogen and oxygen atoms in total. The van der Waals surface area contributed by atoms with Crippen LogP contribution in [-0.2, 0) is 16.6 Å². The second-order valence-corrected chi connectivity index (χ2v) is 8.89. The van der Waals surface area contributed by atoms with Crippen LogP contribution < -0.4 is 14.2 Å². The summed E-state index contributed by atoms with van der Waals surface area (Å²) in [6, 6.07) is 22.4. The smallest absolute Gasteiger partial charge is 0.241 e. The topological polar surface area (TPSA) is 95.3 Å². The van der Waals surface area contributed by atoms with Gasteiger partial charge in [-0.05, 0) is 61.0 Å². The monoisotopic (exact) mass is 464 g/mol. The lowest BCUT2D eigenvalue weighted by molar-refractivity contribution is 0.339. The summed E-state index contributed by atoms with van der Waals surface area (Å²) in [4.78, 5) is 4.08. The highest BCUT2D eigenvalue weighted by Crippen LogP contribution is 2.26. The van der Waals surface area contributed by atoms with E-state index in [2.05, 4.69) is 14.8 Å². The minimum Gasteiger partial charge on any atom is -0.494 e. The summed E-state index contributed by atoms with van der Waals surface area (Å²) in [6.07, 6.45) is 2.97. The van der Waals surface area contributed by atoms with Crippen LogP contribution in [-0.4, -0.2) is 29.8 Å². The first kappa shape index (κ1) is 22.5. The minimum absolute atomic E-state index is 0.140. The van der Waals surface area contributed by atoms with Gasteiger partial charge >= 0.3 is 0 Å². The van der Waals surface area contributed by atoms with E-state index in [4.69, 9.17) is 9.47 Å². The molecule has 33 heavy (non-hydrogen) atoms. The quantitative estimate of drug-likeness (QED) is 0.378. The number of sulfonamides is 1. The largest absolute Gasteiger partial charge is 0.494 e. The van der Waals surface area contributed by atoms with Gasteiger partial charge in [-0.2, -0.15) is 5.10 Å². The van der Waals surface area contributed by atoms with Gasteiger partial charge in [0.05, 0.1) is 24.1 Å². The summed E-state index contributed by atoms with van der Waals surface area (Å²) >= 11 is 0. The van der Waals surface area contributed by atoms with Crippen LogP contribution in [0.5, 0.6) is 17.2 Å². The van der Waals surface area contributed by atoms with Gasteiger partial charge in [-0.25, -0.2) is 18.1 Å². The predicted molar refractivity (Wildman–Crippen MR) is 124 cm³/mol. The Balaban J connectivity index is 1.48. The number of benzene rings is 3. The highest BCUT2D eigenvalue weighted by Gasteiger charge is 2.22. The van der Waals surface area contributed by atoms with E-state index in [1.165, 1.54) is 18.5 Å².